The molecule has 1 aromatic rings. The maximum Gasteiger partial charge on any atom is 0.274 e. The van der Waals surface area contributed by atoms with Crippen molar-refractivity contribution in [3.8, 4) is 0 Å². The molecule has 2 saturated heterocycles. The summed E-state index contributed by atoms with van der Waals surface area (Å²) in [5.41, 5.74) is 0.296. The van der Waals surface area contributed by atoms with E-state index in [0.717, 1.165) is 6.04 Å². The zero-order valence-corrected chi connectivity index (χ0v) is 20.9. The van der Waals surface area contributed by atoms with Crippen LogP contribution in [-0.2, 0) is 16.3 Å². The first-order valence-corrected chi connectivity index (χ1v) is 14.7. The smallest absolute Gasteiger partial charge is 0.274 e. The van der Waals surface area contributed by atoms with E-state index in [0.29, 0.717) is 38.5 Å². The number of Topliss-reactive ketones (excluding diaryl/α,β-unsaturated/α-hetero) is 1. The van der Waals surface area contributed by atoms with Crippen LogP contribution in [0, 0.1) is 10.8 Å². The van der Waals surface area contributed by atoms with Gasteiger partial charge in [-0.3, -0.25) is 14.4 Å². The standard InChI is InChI=1S/C22H36N4O4Si/c1-16(27)18-10-17(23-26(18)15-30-8-9-31(5,6)7)19(28)24-11-22(12-24)13-25(14-22)20(29)21(2,3)4/h10H,8-9,11-15H2,1-7H3. The summed E-state index contributed by atoms with van der Waals surface area (Å²) in [6.07, 6.45) is 0. The largest absolute Gasteiger partial charge is 0.360 e. The lowest BCUT2D eigenvalue weighted by Gasteiger charge is -2.60. The highest BCUT2D eigenvalue weighted by Crippen LogP contribution is 2.41. The van der Waals surface area contributed by atoms with Gasteiger partial charge in [0.25, 0.3) is 5.91 Å². The Kier molecular flexibility index (Phi) is 6.23. The molecule has 0 N–H and O–H groups in total. The Labute approximate surface area is 185 Å². The van der Waals surface area contributed by atoms with Gasteiger partial charge in [-0.15, -0.1) is 0 Å². The number of carbonyl (C=O) groups is 3. The number of nitrogens with zero attached hydrogens (tertiary/aromatic N) is 4. The van der Waals surface area contributed by atoms with E-state index < -0.39 is 8.07 Å². The average molecular weight is 449 g/mol. The first-order chi connectivity index (χ1) is 14.2. The van der Waals surface area contributed by atoms with Crippen molar-refractivity contribution in [1.82, 2.24) is 19.6 Å². The van der Waals surface area contributed by atoms with Crippen LogP contribution in [0.15, 0.2) is 6.07 Å². The molecule has 3 rings (SSSR count). The van der Waals surface area contributed by atoms with E-state index in [1.165, 1.54) is 11.6 Å². The van der Waals surface area contributed by atoms with Crippen molar-refractivity contribution in [1.29, 1.82) is 0 Å². The lowest BCUT2D eigenvalue weighted by Crippen LogP contribution is -2.74. The van der Waals surface area contributed by atoms with Crippen LogP contribution in [0.4, 0.5) is 0 Å². The fourth-order valence-electron chi connectivity index (χ4n) is 4.08. The monoisotopic (exact) mass is 448 g/mol. The summed E-state index contributed by atoms with van der Waals surface area (Å²) in [6.45, 7) is 17.5. The molecule has 0 aromatic carbocycles. The first-order valence-electron chi connectivity index (χ1n) is 11.0. The van der Waals surface area contributed by atoms with Crippen LogP contribution in [-0.4, -0.2) is 78.0 Å². The second kappa shape index (κ2) is 8.16. The summed E-state index contributed by atoms with van der Waals surface area (Å²) < 4.78 is 7.21. The van der Waals surface area contributed by atoms with Gasteiger partial charge in [-0.25, -0.2) is 4.68 Å². The molecule has 1 spiro atoms. The first kappa shape index (κ1) is 23.7. The molecule has 0 unspecified atom stereocenters. The molecule has 31 heavy (non-hydrogen) atoms. The molecule has 0 aliphatic carbocycles. The fourth-order valence-corrected chi connectivity index (χ4v) is 4.84. The maximum absolute atomic E-state index is 12.9. The number of hydrogen-bond acceptors (Lipinski definition) is 5. The summed E-state index contributed by atoms with van der Waals surface area (Å²) in [5, 5.41) is 4.36. The minimum Gasteiger partial charge on any atom is -0.360 e. The van der Waals surface area contributed by atoms with Crippen molar-refractivity contribution < 1.29 is 19.1 Å². The van der Waals surface area contributed by atoms with Crippen LogP contribution < -0.4 is 0 Å². The summed E-state index contributed by atoms with van der Waals surface area (Å²) >= 11 is 0. The minimum atomic E-state index is -1.20. The molecule has 2 amide bonds. The van der Waals surface area contributed by atoms with Gasteiger partial charge in [0.05, 0.1) is 0 Å². The number of likely N-dealkylation sites (tertiary alicyclic amines) is 2. The second-order valence-electron chi connectivity index (χ2n) is 11.4. The van der Waals surface area contributed by atoms with Crippen LogP contribution in [0.3, 0.4) is 0 Å². The Morgan fingerprint density at radius 1 is 1.10 bits per heavy atom. The topological polar surface area (TPSA) is 84.7 Å². The number of aromatic nitrogens is 2. The van der Waals surface area contributed by atoms with Gasteiger partial charge in [-0.2, -0.15) is 5.10 Å². The Balaban J connectivity index is 1.56. The molecule has 0 bridgehead atoms. The lowest BCUT2D eigenvalue weighted by molar-refractivity contribution is -0.162. The van der Waals surface area contributed by atoms with Gasteiger partial charge in [-0.05, 0) is 6.04 Å². The normalized spacial score (nSPS) is 18.0. The molecule has 1 aromatic heterocycles. The third-order valence-corrected chi connectivity index (χ3v) is 7.59. The van der Waals surface area contributed by atoms with Crippen LogP contribution in [0.1, 0.15) is 48.7 Å². The molecule has 3 heterocycles. The van der Waals surface area contributed by atoms with E-state index in [1.54, 1.807) is 11.0 Å². The van der Waals surface area contributed by atoms with Crippen molar-refractivity contribution in [2.24, 2.45) is 10.8 Å². The number of hydrogen-bond donors (Lipinski definition) is 0. The quantitative estimate of drug-likeness (QED) is 0.364. The van der Waals surface area contributed by atoms with Crippen molar-refractivity contribution in [3.63, 3.8) is 0 Å². The predicted molar refractivity (Wildman–Crippen MR) is 121 cm³/mol. The van der Waals surface area contributed by atoms with Gasteiger partial charge < -0.3 is 14.5 Å². The molecule has 2 fully saturated rings. The van der Waals surface area contributed by atoms with E-state index in [4.69, 9.17) is 4.74 Å². The summed E-state index contributed by atoms with van der Waals surface area (Å²) in [6, 6.07) is 2.59. The maximum atomic E-state index is 12.9. The number of carbonyl (C=O) groups excluding carboxylic acids is 3. The van der Waals surface area contributed by atoms with Gasteiger partial charge in [0.15, 0.2) is 11.5 Å². The SMILES string of the molecule is CC(=O)c1cc(C(=O)N2CC3(C2)CN(C(=O)C(C)(C)C)C3)nn1COCC[Si](C)(C)C. The summed E-state index contributed by atoms with van der Waals surface area (Å²) in [4.78, 5) is 40.9. The molecule has 9 heteroatoms. The second-order valence-corrected chi connectivity index (χ2v) is 17.0. The third-order valence-electron chi connectivity index (χ3n) is 5.89. The third kappa shape index (κ3) is 5.26. The van der Waals surface area contributed by atoms with Gasteiger partial charge >= 0.3 is 0 Å². The van der Waals surface area contributed by atoms with Gasteiger partial charge in [0, 0.05) is 64.7 Å². The number of ether oxygens (including phenoxy) is 1. The Morgan fingerprint density at radius 2 is 1.68 bits per heavy atom. The molecule has 0 radical (unpaired) electrons. The highest BCUT2D eigenvalue weighted by Gasteiger charge is 2.55. The molecule has 172 valence electrons. The van der Waals surface area contributed by atoms with E-state index in [2.05, 4.69) is 24.7 Å². The Morgan fingerprint density at radius 3 is 2.19 bits per heavy atom. The van der Waals surface area contributed by atoms with Crippen LogP contribution >= 0.6 is 0 Å². The minimum absolute atomic E-state index is 0.0164. The van der Waals surface area contributed by atoms with Crippen molar-refractivity contribution >= 4 is 25.7 Å². The molecule has 0 atom stereocenters. The van der Waals surface area contributed by atoms with E-state index in [-0.39, 0.29) is 40.9 Å². The fraction of sp³-hybridized carbons (Fsp3) is 0.727. The highest BCUT2D eigenvalue weighted by molar-refractivity contribution is 6.76. The molecular formula is C22H36N4O4Si. The van der Waals surface area contributed by atoms with Gasteiger partial charge in [0.2, 0.25) is 5.91 Å². The Bertz CT molecular complexity index is 867. The van der Waals surface area contributed by atoms with Crippen molar-refractivity contribution in [2.45, 2.75) is 60.1 Å². The number of ketones is 1. The van der Waals surface area contributed by atoms with Gasteiger partial charge in [0.1, 0.15) is 12.4 Å². The van der Waals surface area contributed by atoms with Crippen molar-refractivity contribution in [3.05, 3.63) is 17.5 Å². The van der Waals surface area contributed by atoms with E-state index in [1.807, 2.05) is 25.7 Å². The average Bonchev–Trinajstić information content (AvgIpc) is 2.98. The predicted octanol–water partition coefficient (Wildman–Crippen LogP) is 2.73. The Hall–Kier alpha value is -2.00. The molecular weight excluding hydrogens is 412 g/mol. The van der Waals surface area contributed by atoms with E-state index >= 15 is 0 Å². The zero-order valence-electron chi connectivity index (χ0n) is 19.9. The van der Waals surface area contributed by atoms with Crippen LogP contribution in [0.2, 0.25) is 25.7 Å². The molecule has 2 aliphatic heterocycles. The number of rotatable bonds is 7. The zero-order chi connectivity index (χ0) is 23.2. The van der Waals surface area contributed by atoms with Crippen molar-refractivity contribution in [2.75, 3.05) is 32.8 Å². The van der Waals surface area contributed by atoms with Crippen LogP contribution in [0.25, 0.3) is 0 Å². The summed E-state index contributed by atoms with van der Waals surface area (Å²) in [7, 11) is -1.20. The van der Waals surface area contributed by atoms with Crippen LogP contribution in [0.5, 0.6) is 0 Å². The van der Waals surface area contributed by atoms with E-state index in [9.17, 15) is 14.4 Å². The highest BCUT2D eigenvalue weighted by atomic mass is 28.3. The summed E-state index contributed by atoms with van der Waals surface area (Å²) in [5.74, 6) is -0.160. The lowest BCUT2D eigenvalue weighted by atomic mass is 9.71. The molecule has 2 aliphatic rings. The number of amides is 2. The van der Waals surface area contributed by atoms with Gasteiger partial charge in [-0.1, -0.05) is 40.4 Å². The molecule has 0 saturated carbocycles. The molecule has 8 nitrogen and oxygen atoms in total.